The number of amides is 3. The van der Waals surface area contributed by atoms with Crippen molar-refractivity contribution in [3.05, 3.63) is 65.7 Å². The highest BCUT2D eigenvalue weighted by Gasteiger charge is 2.48. The molecule has 1 aliphatic rings. The van der Waals surface area contributed by atoms with Gasteiger partial charge in [-0.3, -0.25) is 9.59 Å². The number of alkyl carbamates (subject to hydrolysis) is 1. The van der Waals surface area contributed by atoms with Gasteiger partial charge in [0.2, 0.25) is 11.8 Å². The van der Waals surface area contributed by atoms with E-state index in [4.69, 9.17) is 4.74 Å². The van der Waals surface area contributed by atoms with Crippen molar-refractivity contribution in [1.82, 2.24) is 15.5 Å². The average molecular weight is 538 g/mol. The Morgan fingerprint density at radius 3 is 2.31 bits per heavy atom. The second-order valence-electron chi connectivity index (χ2n) is 11.6. The predicted molar refractivity (Wildman–Crippen MR) is 151 cm³/mol. The highest BCUT2D eigenvalue weighted by molar-refractivity contribution is 5.93. The summed E-state index contributed by atoms with van der Waals surface area (Å²) in [4.78, 5) is 42.7. The Bertz CT molecular complexity index is 1130. The van der Waals surface area contributed by atoms with Gasteiger partial charge in [0.25, 0.3) is 0 Å². The Hall–Kier alpha value is -3.55. The molecule has 3 amide bonds. The number of ether oxygens (including phenoxy) is 1. The van der Waals surface area contributed by atoms with E-state index < -0.39 is 23.8 Å². The number of nitrogens with zero attached hydrogens (tertiary/aromatic N) is 1. The van der Waals surface area contributed by atoms with Crippen LogP contribution in [0.1, 0.15) is 78.0 Å². The number of carbonyl (C=O) groups excluding carboxylic acids is 3. The first-order chi connectivity index (χ1) is 18.4. The molecule has 2 aromatic carbocycles. The molecule has 1 fully saturated rings. The second kappa shape index (κ2) is 13.0. The van der Waals surface area contributed by atoms with E-state index in [0.717, 1.165) is 24.8 Å². The number of carbonyl (C=O) groups is 3. The van der Waals surface area contributed by atoms with Crippen molar-refractivity contribution in [3.8, 4) is 5.75 Å². The van der Waals surface area contributed by atoms with Crippen LogP contribution in [-0.2, 0) is 20.7 Å². The summed E-state index contributed by atoms with van der Waals surface area (Å²) in [6.07, 6.45) is 1.97. The van der Waals surface area contributed by atoms with Crippen molar-refractivity contribution in [2.24, 2.45) is 5.92 Å². The van der Waals surface area contributed by atoms with Crippen molar-refractivity contribution < 1.29 is 24.2 Å². The zero-order chi connectivity index (χ0) is 28.7. The number of rotatable bonds is 11. The van der Waals surface area contributed by atoms with Gasteiger partial charge in [0, 0.05) is 18.5 Å². The van der Waals surface area contributed by atoms with Crippen LogP contribution in [0.25, 0.3) is 0 Å². The van der Waals surface area contributed by atoms with Crippen LogP contribution in [0.4, 0.5) is 4.79 Å². The Labute approximate surface area is 232 Å². The van der Waals surface area contributed by atoms with E-state index in [1.165, 1.54) is 12.1 Å². The van der Waals surface area contributed by atoms with Crippen LogP contribution >= 0.6 is 0 Å². The molecule has 0 bridgehead atoms. The van der Waals surface area contributed by atoms with Crippen molar-refractivity contribution in [2.75, 3.05) is 0 Å². The van der Waals surface area contributed by atoms with Crippen LogP contribution in [0.15, 0.2) is 54.6 Å². The topological polar surface area (TPSA) is 108 Å². The van der Waals surface area contributed by atoms with E-state index in [2.05, 4.69) is 10.6 Å². The molecule has 0 aromatic heterocycles. The minimum absolute atomic E-state index is 0.0101. The van der Waals surface area contributed by atoms with Gasteiger partial charge in [-0.15, -0.1) is 0 Å². The van der Waals surface area contributed by atoms with Crippen LogP contribution in [0.2, 0.25) is 0 Å². The first kappa shape index (κ1) is 30.0. The maximum atomic E-state index is 14.4. The molecular weight excluding hydrogens is 494 g/mol. The molecule has 8 heteroatoms. The lowest BCUT2D eigenvalue weighted by molar-refractivity contribution is -0.143. The standard InChI is InChI=1S/C31H43N3O5/c1-7-12-21(3)32-28(36)27(23-15-11-16-24(35)19-23)34(26-17-20(26)2)29(37)25(18-22-13-9-8-10-14-22)33-30(38)39-31(4,5)6/h8-11,13-16,19-21,25-27,35H,7,12,17-18H2,1-6H3,(H,32,36)(H,33,38). The Kier molecular flexibility index (Phi) is 10.0. The number of phenols is 1. The molecule has 39 heavy (non-hydrogen) atoms. The van der Waals surface area contributed by atoms with E-state index in [1.54, 1.807) is 37.8 Å². The summed E-state index contributed by atoms with van der Waals surface area (Å²) >= 11 is 0. The Balaban J connectivity index is 2.03. The van der Waals surface area contributed by atoms with Gasteiger partial charge in [0.05, 0.1) is 0 Å². The number of hydrogen-bond donors (Lipinski definition) is 3. The third-order valence-corrected chi connectivity index (χ3v) is 6.77. The summed E-state index contributed by atoms with van der Waals surface area (Å²) in [7, 11) is 0. The number of phenolic OH excluding ortho intramolecular Hbond substituents is 1. The number of benzene rings is 2. The van der Waals surface area contributed by atoms with E-state index in [1.807, 2.05) is 51.1 Å². The van der Waals surface area contributed by atoms with Gasteiger partial charge < -0.3 is 25.4 Å². The van der Waals surface area contributed by atoms with Crippen molar-refractivity contribution in [2.45, 2.75) is 97.0 Å². The van der Waals surface area contributed by atoms with Gasteiger partial charge >= 0.3 is 6.09 Å². The molecule has 1 aliphatic carbocycles. The quantitative estimate of drug-likeness (QED) is 0.369. The molecule has 0 heterocycles. The molecule has 0 saturated heterocycles. The third kappa shape index (κ3) is 8.73. The molecule has 8 nitrogen and oxygen atoms in total. The molecular formula is C31H43N3O5. The average Bonchev–Trinajstić information content (AvgIpc) is 3.56. The number of hydrogen-bond acceptors (Lipinski definition) is 5. The van der Waals surface area contributed by atoms with E-state index in [9.17, 15) is 19.5 Å². The zero-order valence-electron chi connectivity index (χ0n) is 23.9. The highest BCUT2D eigenvalue weighted by atomic mass is 16.6. The fourth-order valence-corrected chi connectivity index (χ4v) is 4.81. The molecule has 0 spiro atoms. The zero-order valence-corrected chi connectivity index (χ0v) is 23.9. The first-order valence-electron chi connectivity index (χ1n) is 13.8. The largest absolute Gasteiger partial charge is 0.508 e. The van der Waals surface area contributed by atoms with Gasteiger partial charge in [-0.1, -0.05) is 62.7 Å². The lowest BCUT2D eigenvalue weighted by Gasteiger charge is -2.35. The summed E-state index contributed by atoms with van der Waals surface area (Å²) in [5, 5.41) is 16.1. The third-order valence-electron chi connectivity index (χ3n) is 6.77. The molecule has 2 aromatic rings. The lowest BCUT2D eigenvalue weighted by Crippen LogP contribution is -2.55. The summed E-state index contributed by atoms with van der Waals surface area (Å²) in [6, 6.07) is 13.7. The molecule has 5 unspecified atom stereocenters. The summed E-state index contributed by atoms with van der Waals surface area (Å²) < 4.78 is 5.49. The van der Waals surface area contributed by atoms with Crippen molar-refractivity contribution in [1.29, 1.82) is 0 Å². The van der Waals surface area contributed by atoms with Crippen LogP contribution in [-0.4, -0.2) is 51.6 Å². The molecule has 3 rings (SSSR count). The molecule has 0 radical (unpaired) electrons. The summed E-state index contributed by atoms with van der Waals surface area (Å²) in [5.41, 5.74) is 0.638. The fraction of sp³-hybridized carbons (Fsp3) is 0.516. The Morgan fingerprint density at radius 2 is 1.74 bits per heavy atom. The number of aromatic hydroxyl groups is 1. The van der Waals surface area contributed by atoms with Crippen LogP contribution in [0, 0.1) is 5.92 Å². The van der Waals surface area contributed by atoms with Crippen LogP contribution in [0.5, 0.6) is 5.75 Å². The first-order valence-corrected chi connectivity index (χ1v) is 13.8. The SMILES string of the molecule is CCCC(C)NC(=O)C(c1cccc(O)c1)N(C(=O)C(Cc1ccccc1)NC(=O)OC(C)(C)C)C1CC1C. The molecule has 212 valence electrons. The maximum Gasteiger partial charge on any atom is 0.408 e. The second-order valence-corrected chi connectivity index (χ2v) is 11.6. The van der Waals surface area contributed by atoms with Crippen molar-refractivity contribution >= 4 is 17.9 Å². The monoisotopic (exact) mass is 537 g/mol. The van der Waals surface area contributed by atoms with Crippen LogP contribution < -0.4 is 10.6 Å². The van der Waals surface area contributed by atoms with E-state index in [0.29, 0.717) is 5.56 Å². The summed E-state index contributed by atoms with van der Waals surface area (Å²) in [6.45, 7) is 11.3. The minimum Gasteiger partial charge on any atom is -0.508 e. The lowest BCUT2D eigenvalue weighted by atomic mass is 9.99. The molecule has 3 N–H and O–H groups in total. The molecule has 1 saturated carbocycles. The fourth-order valence-electron chi connectivity index (χ4n) is 4.81. The van der Waals surface area contributed by atoms with E-state index in [-0.39, 0.29) is 42.0 Å². The molecule has 0 aliphatic heterocycles. The van der Waals surface area contributed by atoms with Gasteiger partial charge in [0.15, 0.2) is 0 Å². The summed E-state index contributed by atoms with van der Waals surface area (Å²) in [5.74, 6) is -0.486. The smallest absolute Gasteiger partial charge is 0.408 e. The maximum absolute atomic E-state index is 14.4. The molecule has 5 atom stereocenters. The minimum atomic E-state index is -0.974. The van der Waals surface area contributed by atoms with E-state index >= 15 is 0 Å². The predicted octanol–water partition coefficient (Wildman–Crippen LogP) is 5.11. The van der Waals surface area contributed by atoms with Gasteiger partial charge in [0.1, 0.15) is 23.4 Å². The Morgan fingerprint density at radius 1 is 1.08 bits per heavy atom. The van der Waals surface area contributed by atoms with Gasteiger partial charge in [-0.05, 0) is 69.7 Å². The normalized spacial score (nSPS) is 18.8. The number of nitrogens with one attached hydrogen (secondary N) is 2. The van der Waals surface area contributed by atoms with Gasteiger partial charge in [-0.2, -0.15) is 0 Å². The van der Waals surface area contributed by atoms with Gasteiger partial charge in [-0.25, -0.2) is 4.79 Å². The van der Waals surface area contributed by atoms with Crippen molar-refractivity contribution in [3.63, 3.8) is 0 Å². The highest BCUT2D eigenvalue weighted by Crippen LogP contribution is 2.41. The van der Waals surface area contributed by atoms with Crippen LogP contribution in [0.3, 0.4) is 0 Å².